The molecule has 6 heterocycles. The van der Waals surface area contributed by atoms with E-state index in [9.17, 15) is 0 Å². The van der Waals surface area contributed by atoms with E-state index < -0.39 is 0 Å². The fourth-order valence-corrected chi connectivity index (χ4v) is 5.55. The number of benzene rings is 2. The van der Waals surface area contributed by atoms with E-state index in [1.807, 2.05) is 66.9 Å². The number of imidazole rings is 2. The molecule has 0 saturated heterocycles. The zero-order valence-electron chi connectivity index (χ0n) is 18.4. The van der Waals surface area contributed by atoms with Gasteiger partial charge >= 0.3 is 5.84 Å². The molecule has 0 radical (unpaired) electrons. The highest BCUT2D eigenvalue weighted by Crippen LogP contribution is 2.31. The Bertz CT molecular complexity index is 1860. The lowest BCUT2D eigenvalue weighted by molar-refractivity contribution is 0.638. The van der Waals surface area contributed by atoms with Crippen LogP contribution in [0.4, 0.5) is 0 Å². The van der Waals surface area contributed by atoms with Crippen LogP contribution in [0.25, 0.3) is 54.2 Å². The number of aromatic nitrogens is 6. The number of nitrogens with zero attached hydrogens (tertiary/aromatic N) is 6. The van der Waals surface area contributed by atoms with Crippen LogP contribution in [-0.2, 0) is 0 Å². The lowest BCUT2D eigenvalue weighted by Gasteiger charge is -1.95. The molecule has 0 spiro atoms. The summed E-state index contributed by atoms with van der Waals surface area (Å²) in [5.74, 6) is 0.623. The smallest absolute Gasteiger partial charge is 0.307 e. The first-order valence-corrected chi connectivity index (χ1v) is 11.7. The number of thiazole rings is 1. The number of fused-ring (bicyclic) bond motifs is 10. The number of para-hydroxylation sites is 4. The second-order valence-corrected chi connectivity index (χ2v) is 9.11. The molecule has 2 aromatic carbocycles. The highest BCUT2D eigenvalue weighted by atomic mass is 32.1. The average molecular weight is 463 g/mol. The maximum atomic E-state index is 5.76. The Kier molecular flexibility index (Phi) is 4.01. The first kappa shape index (κ1) is 19.2. The molecule has 34 heavy (non-hydrogen) atoms. The zero-order valence-corrected chi connectivity index (χ0v) is 19.2. The van der Waals surface area contributed by atoms with Crippen molar-refractivity contribution >= 4 is 65.5 Å². The van der Waals surface area contributed by atoms with E-state index in [1.54, 1.807) is 17.5 Å². The predicted octanol–water partition coefficient (Wildman–Crippen LogP) is 6.34. The van der Waals surface area contributed by atoms with E-state index in [0.29, 0.717) is 5.84 Å². The molecular formula is C26H18N6OS. The van der Waals surface area contributed by atoms with E-state index in [-0.39, 0.29) is 0 Å². The van der Waals surface area contributed by atoms with E-state index >= 15 is 0 Å². The summed E-state index contributed by atoms with van der Waals surface area (Å²) in [6, 6.07) is 20.2. The third-order valence-electron chi connectivity index (χ3n) is 6.05. The van der Waals surface area contributed by atoms with Crippen LogP contribution < -0.4 is 0 Å². The largest absolute Gasteiger partial charge is 0.421 e. The van der Waals surface area contributed by atoms with Gasteiger partial charge in [-0.15, -0.1) is 0 Å². The van der Waals surface area contributed by atoms with Gasteiger partial charge in [-0.3, -0.25) is 18.8 Å². The second-order valence-electron chi connectivity index (χ2n) is 8.13. The van der Waals surface area contributed by atoms with Crippen LogP contribution in [0, 0.1) is 13.8 Å². The maximum Gasteiger partial charge on any atom is 0.307 e. The molecule has 0 aliphatic heterocycles. The van der Waals surface area contributed by atoms with Crippen LogP contribution in [0.3, 0.4) is 0 Å². The number of aryl methyl sites for hydroxylation is 2. The van der Waals surface area contributed by atoms with Crippen molar-refractivity contribution in [2.45, 2.75) is 13.8 Å². The topological polar surface area (TPSA) is 73.5 Å². The van der Waals surface area contributed by atoms with Crippen LogP contribution in [0.1, 0.15) is 11.4 Å². The van der Waals surface area contributed by atoms with Crippen molar-refractivity contribution in [1.29, 1.82) is 0 Å². The lowest BCUT2D eigenvalue weighted by atomic mass is 10.3. The average Bonchev–Trinajstić information content (AvgIpc) is 3.58. The van der Waals surface area contributed by atoms with Crippen LogP contribution in [-0.4, -0.2) is 28.7 Å². The van der Waals surface area contributed by atoms with E-state index in [4.69, 9.17) is 4.42 Å². The number of pyridine rings is 2. The molecule has 0 aliphatic carbocycles. The minimum atomic E-state index is 0.623. The van der Waals surface area contributed by atoms with E-state index in [1.165, 1.54) is 15.7 Å². The monoisotopic (exact) mass is 462 g/mol. The standard InChI is InChI=1S/C13H9N3O.C13H9N3S/c2*1-8-12-11(6-7-14-8)16-10-5-3-2-4-9(10)15-13(16)17-12/h2*2-7H,1H3. The third-order valence-corrected chi connectivity index (χ3v) is 7.22. The van der Waals surface area contributed by atoms with Crippen molar-refractivity contribution in [3.63, 3.8) is 0 Å². The van der Waals surface area contributed by atoms with Gasteiger partial charge in [0.1, 0.15) is 0 Å². The molecule has 0 unspecified atom stereocenters. The van der Waals surface area contributed by atoms with Crippen molar-refractivity contribution in [3.8, 4) is 0 Å². The normalized spacial score (nSPS) is 11.8. The third kappa shape index (κ3) is 2.69. The van der Waals surface area contributed by atoms with Crippen molar-refractivity contribution < 1.29 is 4.42 Å². The molecule has 0 saturated carbocycles. The molecule has 164 valence electrons. The molecule has 0 fully saturated rings. The first-order valence-electron chi connectivity index (χ1n) is 10.9. The SMILES string of the molecule is Cc1nccc2c1oc1nc3ccccc3n12.Cc1nccc2c1sc1nc3ccccc3n12. The molecule has 0 amide bonds. The predicted molar refractivity (Wildman–Crippen MR) is 136 cm³/mol. The Morgan fingerprint density at radius 1 is 0.676 bits per heavy atom. The molecule has 0 atom stereocenters. The summed E-state index contributed by atoms with van der Waals surface area (Å²) in [6.07, 6.45) is 3.65. The lowest BCUT2D eigenvalue weighted by Crippen LogP contribution is -1.83. The molecule has 0 N–H and O–H groups in total. The molecule has 8 aromatic rings. The fourth-order valence-electron chi connectivity index (χ4n) is 4.48. The van der Waals surface area contributed by atoms with Crippen molar-refractivity contribution in [2.75, 3.05) is 0 Å². The van der Waals surface area contributed by atoms with Crippen molar-refractivity contribution in [2.24, 2.45) is 0 Å². The summed E-state index contributed by atoms with van der Waals surface area (Å²) >= 11 is 1.70. The van der Waals surface area contributed by atoms with Gasteiger partial charge in [0, 0.05) is 12.4 Å². The van der Waals surface area contributed by atoms with Crippen LogP contribution >= 0.6 is 11.3 Å². The quantitative estimate of drug-likeness (QED) is 0.263. The second kappa shape index (κ2) is 7.10. The van der Waals surface area contributed by atoms with Crippen LogP contribution in [0.15, 0.2) is 77.5 Å². The summed E-state index contributed by atoms with van der Waals surface area (Å²) < 4.78 is 11.2. The summed E-state index contributed by atoms with van der Waals surface area (Å²) in [4.78, 5) is 18.7. The Balaban J connectivity index is 0.000000118. The van der Waals surface area contributed by atoms with Gasteiger partial charge in [-0.2, -0.15) is 4.98 Å². The molecule has 8 rings (SSSR count). The molecule has 8 heteroatoms. The summed E-state index contributed by atoms with van der Waals surface area (Å²) in [5, 5.41) is 0. The Morgan fingerprint density at radius 3 is 2.12 bits per heavy atom. The summed E-state index contributed by atoms with van der Waals surface area (Å²) in [5.41, 5.74) is 9.20. The molecule has 0 aliphatic rings. The Morgan fingerprint density at radius 2 is 1.32 bits per heavy atom. The Hall–Kier alpha value is -4.30. The number of hydrogen-bond acceptors (Lipinski definition) is 6. The number of rotatable bonds is 0. The van der Waals surface area contributed by atoms with Gasteiger partial charge in [0.05, 0.1) is 49.2 Å². The van der Waals surface area contributed by atoms with Gasteiger partial charge in [-0.05, 0) is 50.2 Å². The Labute approximate surface area is 197 Å². The number of hydrogen-bond donors (Lipinski definition) is 0. The van der Waals surface area contributed by atoms with Gasteiger partial charge in [-0.25, -0.2) is 4.98 Å². The minimum absolute atomic E-state index is 0.623. The van der Waals surface area contributed by atoms with Gasteiger partial charge in [0.15, 0.2) is 10.5 Å². The van der Waals surface area contributed by atoms with Gasteiger partial charge in [0.25, 0.3) is 0 Å². The highest BCUT2D eigenvalue weighted by molar-refractivity contribution is 7.23. The van der Waals surface area contributed by atoms with Crippen molar-refractivity contribution in [1.82, 2.24) is 28.7 Å². The van der Waals surface area contributed by atoms with Gasteiger partial charge in [0.2, 0.25) is 0 Å². The fraction of sp³-hybridized carbons (Fsp3) is 0.0769. The molecule has 0 bridgehead atoms. The van der Waals surface area contributed by atoms with Gasteiger partial charge in [-0.1, -0.05) is 35.6 Å². The highest BCUT2D eigenvalue weighted by Gasteiger charge is 2.14. The van der Waals surface area contributed by atoms with Crippen LogP contribution in [0.5, 0.6) is 0 Å². The summed E-state index contributed by atoms with van der Waals surface area (Å²) in [6.45, 7) is 3.98. The number of oxazole rings is 1. The minimum Gasteiger partial charge on any atom is -0.421 e. The first-order chi connectivity index (χ1) is 16.7. The zero-order chi connectivity index (χ0) is 22.8. The molecule has 6 aromatic heterocycles. The van der Waals surface area contributed by atoms with Crippen molar-refractivity contribution in [3.05, 3.63) is 84.4 Å². The van der Waals surface area contributed by atoms with E-state index in [0.717, 1.165) is 44.0 Å². The molecule has 7 nitrogen and oxygen atoms in total. The van der Waals surface area contributed by atoms with Gasteiger partial charge < -0.3 is 4.42 Å². The summed E-state index contributed by atoms with van der Waals surface area (Å²) in [7, 11) is 0. The van der Waals surface area contributed by atoms with E-state index in [2.05, 4.69) is 42.5 Å². The van der Waals surface area contributed by atoms with Crippen LogP contribution in [0.2, 0.25) is 0 Å². The maximum absolute atomic E-state index is 5.76. The molecular weight excluding hydrogens is 444 g/mol.